The molecule has 9 nitrogen and oxygen atoms in total. The molecule has 0 aliphatic carbocycles. The number of hydrogen-bond acceptors (Lipinski definition) is 7. The molecule has 0 aromatic heterocycles. The van der Waals surface area contributed by atoms with Crippen LogP contribution >= 0.6 is 0 Å². The Kier molecular flexibility index (Phi) is 5.60. The number of hydrogen-bond donors (Lipinski definition) is 1. The van der Waals surface area contributed by atoms with E-state index in [9.17, 15) is 14.4 Å². The van der Waals surface area contributed by atoms with Crippen molar-refractivity contribution in [2.24, 2.45) is 5.10 Å². The number of carbonyl (C=O) groups excluding carboxylic acids is 3. The zero-order chi connectivity index (χ0) is 20.9. The fraction of sp³-hybridized carbons (Fsp3) is 0.238. The lowest BCUT2D eigenvalue weighted by Crippen LogP contribution is -2.36. The van der Waals surface area contributed by atoms with Crippen LogP contribution in [0.2, 0.25) is 0 Å². The standard InChI is InChI=1S/C21H19N3O6/c25-19(22-11-14-6-8-17-18(10-14)30-13-29-17)12-28-21(27)16-7-9-20(26)24(23-16)15-4-2-1-3-5-15/h1-6,8,10H,7,9,11-13H2,(H,22,25). The molecule has 2 aromatic carbocycles. The van der Waals surface area contributed by atoms with Gasteiger partial charge in [0.1, 0.15) is 5.71 Å². The minimum atomic E-state index is -0.721. The summed E-state index contributed by atoms with van der Waals surface area (Å²) in [5.74, 6) is -0.0920. The van der Waals surface area contributed by atoms with Gasteiger partial charge in [-0.05, 0) is 29.8 Å². The van der Waals surface area contributed by atoms with Gasteiger partial charge in [0.25, 0.3) is 5.91 Å². The number of para-hydroxylation sites is 1. The molecular formula is C21H19N3O6. The number of ether oxygens (including phenoxy) is 3. The Morgan fingerprint density at radius 1 is 1.07 bits per heavy atom. The van der Waals surface area contributed by atoms with Crippen molar-refractivity contribution in [2.75, 3.05) is 18.4 Å². The molecule has 0 spiro atoms. The van der Waals surface area contributed by atoms with Crippen LogP contribution in [0.4, 0.5) is 5.69 Å². The SMILES string of the molecule is O=C(COC(=O)C1=NN(c2ccccc2)C(=O)CC1)NCc1ccc2c(c1)OCO2. The number of nitrogens with one attached hydrogen (secondary N) is 1. The number of benzene rings is 2. The molecule has 2 heterocycles. The van der Waals surface area contributed by atoms with Gasteiger partial charge in [-0.3, -0.25) is 9.59 Å². The summed E-state index contributed by atoms with van der Waals surface area (Å²) in [6.07, 6.45) is 0.305. The van der Waals surface area contributed by atoms with Crippen LogP contribution in [0.25, 0.3) is 0 Å². The number of fused-ring (bicyclic) bond motifs is 1. The highest BCUT2D eigenvalue weighted by molar-refractivity contribution is 6.38. The Labute approximate surface area is 172 Å². The minimum absolute atomic E-state index is 0.0991. The van der Waals surface area contributed by atoms with Crippen LogP contribution < -0.4 is 19.8 Å². The third kappa shape index (κ3) is 4.40. The lowest BCUT2D eigenvalue weighted by molar-refractivity contribution is -0.142. The van der Waals surface area contributed by atoms with Gasteiger partial charge in [0, 0.05) is 19.4 Å². The number of esters is 1. The van der Waals surface area contributed by atoms with E-state index in [1.807, 2.05) is 12.1 Å². The largest absolute Gasteiger partial charge is 0.454 e. The van der Waals surface area contributed by atoms with E-state index in [0.29, 0.717) is 17.2 Å². The van der Waals surface area contributed by atoms with E-state index < -0.39 is 18.5 Å². The van der Waals surface area contributed by atoms with Crippen molar-refractivity contribution in [3.8, 4) is 11.5 Å². The molecule has 2 aliphatic heterocycles. The first-order valence-electron chi connectivity index (χ1n) is 9.38. The molecule has 30 heavy (non-hydrogen) atoms. The topological polar surface area (TPSA) is 107 Å². The highest BCUT2D eigenvalue weighted by atomic mass is 16.7. The Bertz CT molecular complexity index is 1010. The Morgan fingerprint density at radius 3 is 2.70 bits per heavy atom. The predicted molar refractivity (Wildman–Crippen MR) is 106 cm³/mol. The van der Waals surface area contributed by atoms with Crippen molar-refractivity contribution in [3.05, 3.63) is 54.1 Å². The third-order valence-electron chi connectivity index (χ3n) is 4.53. The predicted octanol–water partition coefficient (Wildman–Crippen LogP) is 1.76. The molecule has 4 rings (SSSR count). The molecule has 0 atom stereocenters. The van der Waals surface area contributed by atoms with Crippen LogP contribution in [0.15, 0.2) is 53.6 Å². The first-order chi connectivity index (χ1) is 14.6. The van der Waals surface area contributed by atoms with Crippen molar-refractivity contribution >= 4 is 29.2 Å². The molecule has 0 fully saturated rings. The van der Waals surface area contributed by atoms with Crippen molar-refractivity contribution in [3.63, 3.8) is 0 Å². The summed E-state index contributed by atoms with van der Waals surface area (Å²) in [5, 5.41) is 7.96. The molecule has 2 aromatic rings. The van der Waals surface area contributed by atoms with Crippen molar-refractivity contribution in [2.45, 2.75) is 19.4 Å². The lowest BCUT2D eigenvalue weighted by atomic mass is 10.1. The second-order valence-corrected chi connectivity index (χ2v) is 6.63. The van der Waals surface area contributed by atoms with E-state index in [2.05, 4.69) is 10.4 Å². The summed E-state index contributed by atoms with van der Waals surface area (Å²) < 4.78 is 15.6. The molecule has 1 N–H and O–H groups in total. The van der Waals surface area contributed by atoms with Crippen LogP contribution in [-0.2, 0) is 25.7 Å². The highest BCUT2D eigenvalue weighted by Gasteiger charge is 2.26. The molecule has 2 amide bonds. The van der Waals surface area contributed by atoms with Gasteiger partial charge in [-0.25, -0.2) is 9.80 Å². The van der Waals surface area contributed by atoms with Crippen molar-refractivity contribution < 1.29 is 28.6 Å². The summed E-state index contributed by atoms with van der Waals surface area (Å²) >= 11 is 0. The van der Waals surface area contributed by atoms with Gasteiger partial charge >= 0.3 is 5.97 Å². The van der Waals surface area contributed by atoms with E-state index in [-0.39, 0.29) is 37.8 Å². The number of carbonyl (C=O) groups is 3. The second-order valence-electron chi connectivity index (χ2n) is 6.63. The monoisotopic (exact) mass is 409 g/mol. The quantitative estimate of drug-likeness (QED) is 0.729. The normalized spacial score (nSPS) is 14.9. The number of anilines is 1. The minimum Gasteiger partial charge on any atom is -0.454 e. The molecular weight excluding hydrogens is 390 g/mol. The van der Waals surface area contributed by atoms with Crippen LogP contribution in [-0.4, -0.2) is 36.9 Å². The molecule has 0 saturated carbocycles. The number of rotatable bonds is 6. The second kappa shape index (κ2) is 8.64. The van der Waals surface area contributed by atoms with Gasteiger partial charge in [0.2, 0.25) is 12.7 Å². The summed E-state index contributed by atoms with van der Waals surface area (Å²) in [5.41, 5.74) is 1.49. The molecule has 0 bridgehead atoms. The fourth-order valence-corrected chi connectivity index (χ4v) is 2.99. The summed E-state index contributed by atoms with van der Waals surface area (Å²) in [7, 11) is 0. The molecule has 0 saturated heterocycles. The van der Waals surface area contributed by atoms with Crippen LogP contribution in [0, 0.1) is 0 Å². The Balaban J connectivity index is 1.29. The van der Waals surface area contributed by atoms with Crippen LogP contribution in [0.3, 0.4) is 0 Å². The maximum Gasteiger partial charge on any atom is 0.355 e. The van der Waals surface area contributed by atoms with Gasteiger partial charge in [0.05, 0.1) is 5.69 Å². The van der Waals surface area contributed by atoms with Gasteiger partial charge < -0.3 is 19.5 Å². The number of amides is 2. The number of nitrogens with zero attached hydrogens (tertiary/aromatic N) is 2. The van der Waals surface area contributed by atoms with Gasteiger partial charge in [-0.2, -0.15) is 5.10 Å². The fourth-order valence-electron chi connectivity index (χ4n) is 2.99. The first-order valence-corrected chi connectivity index (χ1v) is 9.38. The van der Waals surface area contributed by atoms with E-state index in [0.717, 1.165) is 5.56 Å². The van der Waals surface area contributed by atoms with Gasteiger partial charge in [-0.15, -0.1) is 0 Å². The van der Waals surface area contributed by atoms with Gasteiger partial charge in [0.15, 0.2) is 18.1 Å². The summed E-state index contributed by atoms with van der Waals surface area (Å²) in [6, 6.07) is 14.2. The smallest absolute Gasteiger partial charge is 0.355 e. The van der Waals surface area contributed by atoms with E-state index >= 15 is 0 Å². The lowest BCUT2D eigenvalue weighted by Gasteiger charge is -2.22. The summed E-state index contributed by atoms with van der Waals surface area (Å²) in [4.78, 5) is 36.4. The van der Waals surface area contributed by atoms with E-state index in [1.54, 1.807) is 36.4 Å². The molecule has 2 aliphatic rings. The Morgan fingerprint density at radius 2 is 1.87 bits per heavy atom. The zero-order valence-electron chi connectivity index (χ0n) is 16.0. The molecule has 0 unspecified atom stereocenters. The Hall–Kier alpha value is -3.88. The summed E-state index contributed by atoms with van der Waals surface area (Å²) in [6.45, 7) is -0.00969. The average molecular weight is 409 g/mol. The van der Waals surface area contributed by atoms with E-state index in [1.165, 1.54) is 5.01 Å². The maximum atomic E-state index is 12.3. The zero-order valence-corrected chi connectivity index (χ0v) is 16.0. The third-order valence-corrected chi connectivity index (χ3v) is 4.53. The highest BCUT2D eigenvalue weighted by Crippen LogP contribution is 2.32. The van der Waals surface area contributed by atoms with Crippen LogP contribution in [0.1, 0.15) is 18.4 Å². The maximum absolute atomic E-state index is 12.3. The van der Waals surface area contributed by atoms with Crippen molar-refractivity contribution in [1.82, 2.24) is 5.32 Å². The average Bonchev–Trinajstić information content (AvgIpc) is 3.25. The van der Waals surface area contributed by atoms with Crippen LogP contribution in [0.5, 0.6) is 11.5 Å². The molecule has 0 radical (unpaired) electrons. The van der Waals surface area contributed by atoms with Gasteiger partial charge in [-0.1, -0.05) is 24.3 Å². The molecule has 154 valence electrons. The van der Waals surface area contributed by atoms with Crippen molar-refractivity contribution in [1.29, 1.82) is 0 Å². The molecule has 9 heteroatoms. The first kappa shape index (κ1) is 19.4. The van der Waals surface area contributed by atoms with E-state index in [4.69, 9.17) is 14.2 Å². The number of hydrazone groups is 1.